The van der Waals surface area contributed by atoms with Gasteiger partial charge >= 0.3 is 5.97 Å². The Morgan fingerprint density at radius 1 is 1.05 bits per heavy atom. The largest absolute Gasteiger partial charge is 0.425 e. The number of hydrogen-bond acceptors (Lipinski definition) is 4. The Labute approximate surface area is 114 Å². The van der Waals surface area contributed by atoms with Crippen LogP contribution in [0.2, 0.25) is 0 Å². The molecular weight excluding hydrogens is 256 g/mol. The highest BCUT2D eigenvalue weighted by atomic mass is 16.5. The van der Waals surface area contributed by atoms with Gasteiger partial charge in [-0.15, -0.1) is 0 Å². The summed E-state index contributed by atoms with van der Waals surface area (Å²) in [6, 6.07) is 8.81. The fourth-order valence-electron chi connectivity index (χ4n) is 2.33. The zero-order valence-corrected chi connectivity index (χ0v) is 10.7. The molecule has 0 N–H and O–H groups in total. The van der Waals surface area contributed by atoms with E-state index >= 15 is 0 Å². The third-order valence-corrected chi connectivity index (χ3v) is 3.15. The molecule has 4 nitrogen and oxygen atoms in total. The van der Waals surface area contributed by atoms with Crippen molar-refractivity contribution in [1.29, 1.82) is 0 Å². The van der Waals surface area contributed by atoms with E-state index in [2.05, 4.69) is 0 Å². The first-order valence-electron chi connectivity index (χ1n) is 6.09. The Morgan fingerprint density at radius 3 is 2.50 bits per heavy atom. The van der Waals surface area contributed by atoms with Crippen LogP contribution in [-0.2, 0) is 4.79 Å². The summed E-state index contributed by atoms with van der Waals surface area (Å²) in [6.45, 7) is 1.26. The molecule has 0 aliphatic heterocycles. The van der Waals surface area contributed by atoms with Gasteiger partial charge in [0.25, 0.3) is 0 Å². The fraction of sp³-hybridized carbons (Fsp3) is 0.0625. The van der Waals surface area contributed by atoms with Crippen molar-refractivity contribution < 1.29 is 19.1 Å². The van der Waals surface area contributed by atoms with Gasteiger partial charge in [0.15, 0.2) is 17.3 Å². The Balaban J connectivity index is 2.42. The topological polar surface area (TPSA) is 60.4 Å². The molecule has 0 saturated carbocycles. The Morgan fingerprint density at radius 2 is 1.75 bits per heavy atom. The first-order valence-corrected chi connectivity index (χ1v) is 6.09. The third kappa shape index (κ3) is 1.82. The van der Waals surface area contributed by atoms with Crippen molar-refractivity contribution in [2.75, 3.05) is 0 Å². The van der Waals surface area contributed by atoms with Crippen molar-refractivity contribution in [3.05, 3.63) is 53.6 Å². The predicted molar refractivity (Wildman–Crippen MR) is 73.1 cm³/mol. The van der Waals surface area contributed by atoms with E-state index in [1.165, 1.54) is 19.1 Å². The molecule has 1 aliphatic carbocycles. The first-order chi connectivity index (χ1) is 9.58. The van der Waals surface area contributed by atoms with Crippen LogP contribution in [0.1, 0.15) is 27.6 Å². The summed E-state index contributed by atoms with van der Waals surface area (Å²) in [4.78, 5) is 35.3. The normalized spacial score (nSPS) is 13.4. The van der Waals surface area contributed by atoms with Gasteiger partial charge in [0.2, 0.25) is 0 Å². The van der Waals surface area contributed by atoms with Gasteiger partial charge in [-0.2, -0.15) is 0 Å². The van der Waals surface area contributed by atoms with Crippen molar-refractivity contribution in [3.63, 3.8) is 0 Å². The maximum atomic E-state index is 12.0. The lowest BCUT2D eigenvalue weighted by Gasteiger charge is -2.16. The minimum Gasteiger partial charge on any atom is -0.425 e. The summed E-state index contributed by atoms with van der Waals surface area (Å²) in [5, 5.41) is 1.39. The second kappa shape index (κ2) is 4.42. The van der Waals surface area contributed by atoms with Gasteiger partial charge in [-0.25, -0.2) is 0 Å². The number of ether oxygens (including phenoxy) is 1. The van der Waals surface area contributed by atoms with Crippen LogP contribution in [0.15, 0.2) is 42.5 Å². The number of carbonyl (C=O) groups is 3. The Hall–Kier alpha value is -2.75. The smallest absolute Gasteiger partial charge is 0.308 e. The summed E-state index contributed by atoms with van der Waals surface area (Å²) >= 11 is 0. The molecule has 0 radical (unpaired) electrons. The summed E-state index contributed by atoms with van der Waals surface area (Å²) in [7, 11) is 0. The van der Waals surface area contributed by atoms with Gasteiger partial charge in [-0.3, -0.25) is 14.4 Å². The van der Waals surface area contributed by atoms with Crippen molar-refractivity contribution in [2.45, 2.75) is 6.92 Å². The number of carbonyl (C=O) groups excluding carboxylic acids is 3. The van der Waals surface area contributed by atoms with E-state index in [0.29, 0.717) is 5.39 Å². The van der Waals surface area contributed by atoms with E-state index < -0.39 is 5.97 Å². The molecule has 0 aromatic heterocycles. The van der Waals surface area contributed by atoms with Gasteiger partial charge in [0.1, 0.15) is 0 Å². The van der Waals surface area contributed by atoms with Crippen molar-refractivity contribution >= 4 is 28.3 Å². The minimum atomic E-state index is -0.529. The molecule has 3 rings (SSSR count). The zero-order chi connectivity index (χ0) is 14.3. The molecule has 0 atom stereocenters. The lowest BCUT2D eigenvalue weighted by Crippen LogP contribution is -2.15. The predicted octanol–water partition coefficient (Wildman–Crippen LogP) is 2.70. The van der Waals surface area contributed by atoms with Crippen LogP contribution in [0, 0.1) is 0 Å². The van der Waals surface area contributed by atoms with E-state index in [-0.39, 0.29) is 28.4 Å². The van der Waals surface area contributed by atoms with Gasteiger partial charge in [0, 0.05) is 17.9 Å². The summed E-state index contributed by atoms with van der Waals surface area (Å²) in [5.41, 5.74) is 0.429. The number of ketones is 2. The number of fused-ring (bicyclic) bond motifs is 2. The molecular formula is C16H10O4. The van der Waals surface area contributed by atoms with Crippen molar-refractivity contribution in [2.24, 2.45) is 0 Å². The maximum absolute atomic E-state index is 12.0. The van der Waals surface area contributed by atoms with E-state index in [1.54, 1.807) is 24.3 Å². The molecule has 0 fully saturated rings. The van der Waals surface area contributed by atoms with Crippen LogP contribution in [0.5, 0.6) is 5.75 Å². The average molecular weight is 266 g/mol. The molecule has 20 heavy (non-hydrogen) atoms. The van der Waals surface area contributed by atoms with Crippen LogP contribution in [0.4, 0.5) is 0 Å². The fourth-order valence-corrected chi connectivity index (χ4v) is 2.33. The second-order valence-corrected chi connectivity index (χ2v) is 4.50. The zero-order valence-electron chi connectivity index (χ0n) is 10.7. The molecule has 0 heterocycles. The molecule has 4 heteroatoms. The molecule has 0 bridgehead atoms. The first kappa shape index (κ1) is 12.3. The number of rotatable bonds is 1. The quantitative estimate of drug-likeness (QED) is 0.588. The highest BCUT2D eigenvalue weighted by Crippen LogP contribution is 2.35. The lowest BCUT2D eigenvalue weighted by atomic mass is 9.90. The van der Waals surface area contributed by atoms with E-state index in [0.717, 1.165) is 5.39 Å². The maximum Gasteiger partial charge on any atom is 0.308 e. The molecule has 0 spiro atoms. The molecule has 0 amide bonds. The standard InChI is InChI=1S/C16H10O4/c1-9(17)20-16-11-5-3-2-4-10(11)8-12-13(18)6-7-14(19)15(12)16/h2-8H,1H3. The number of allylic oxidation sites excluding steroid dienone is 2. The van der Waals surface area contributed by atoms with Crippen molar-refractivity contribution in [3.8, 4) is 5.75 Å². The van der Waals surface area contributed by atoms with E-state index in [1.807, 2.05) is 6.07 Å². The Bertz CT molecular complexity index is 799. The third-order valence-electron chi connectivity index (χ3n) is 3.15. The van der Waals surface area contributed by atoms with Gasteiger partial charge in [-0.05, 0) is 23.6 Å². The Kier molecular flexibility index (Phi) is 2.71. The number of hydrogen-bond donors (Lipinski definition) is 0. The van der Waals surface area contributed by atoms with Crippen LogP contribution in [-0.4, -0.2) is 17.5 Å². The molecule has 1 aliphatic rings. The SMILES string of the molecule is CC(=O)Oc1c2c(cc3ccccc13)C(=O)C=CC2=O. The van der Waals surface area contributed by atoms with Gasteiger partial charge in [0.05, 0.1) is 5.56 Å². The highest BCUT2D eigenvalue weighted by Gasteiger charge is 2.26. The van der Waals surface area contributed by atoms with Gasteiger partial charge < -0.3 is 4.74 Å². The van der Waals surface area contributed by atoms with Crippen LogP contribution in [0.3, 0.4) is 0 Å². The molecule has 98 valence electrons. The summed E-state index contributed by atoms with van der Waals surface area (Å²) < 4.78 is 5.20. The lowest BCUT2D eigenvalue weighted by molar-refractivity contribution is -0.131. The molecule has 2 aromatic carbocycles. The van der Waals surface area contributed by atoms with Crippen LogP contribution >= 0.6 is 0 Å². The monoisotopic (exact) mass is 266 g/mol. The molecule has 0 unspecified atom stereocenters. The van der Waals surface area contributed by atoms with Crippen LogP contribution < -0.4 is 4.74 Å². The van der Waals surface area contributed by atoms with E-state index in [9.17, 15) is 14.4 Å². The number of esters is 1. The minimum absolute atomic E-state index is 0.159. The summed E-state index contributed by atoms with van der Waals surface area (Å²) in [6.07, 6.45) is 2.43. The number of benzene rings is 2. The summed E-state index contributed by atoms with van der Waals surface area (Å²) in [5.74, 6) is -0.966. The average Bonchev–Trinajstić information content (AvgIpc) is 2.42. The van der Waals surface area contributed by atoms with Gasteiger partial charge in [-0.1, -0.05) is 24.3 Å². The van der Waals surface area contributed by atoms with E-state index in [4.69, 9.17) is 4.74 Å². The van der Waals surface area contributed by atoms with Crippen LogP contribution in [0.25, 0.3) is 10.8 Å². The molecule has 0 saturated heterocycles. The highest BCUT2D eigenvalue weighted by molar-refractivity contribution is 6.25. The second-order valence-electron chi connectivity index (χ2n) is 4.50. The van der Waals surface area contributed by atoms with Crippen molar-refractivity contribution in [1.82, 2.24) is 0 Å². The molecule has 2 aromatic rings.